The van der Waals surface area contributed by atoms with Gasteiger partial charge in [0.25, 0.3) is 5.91 Å². The summed E-state index contributed by atoms with van der Waals surface area (Å²) in [7, 11) is 1.59. The zero-order valence-electron chi connectivity index (χ0n) is 13.4. The molecule has 0 saturated heterocycles. The first-order chi connectivity index (χ1) is 11.8. The van der Waals surface area contributed by atoms with Crippen LogP contribution < -0.4 is 9.64 Å². The van der Waals surface area contributed by atoms with Gasteiger partial charge in [0.05, 0.1) is 13.7 Å². The summed E-state index contributed by atoms with van der Waals surface area (Å²) in [5.74, 6) is 0.583. The van der Waals surface area contributed by atoms with Gasteiger partial charge in [-0.1, -0.05) is 30.3 Å². The zero-order chi connectivity index (χ0) is 16.8. The summed E-state index contributed by atoms with van der Waals surface area (Å²) in [6, 6.07) is 20.6. The number of ether oxygens (including phenoxy) is 1. The molecule has 4 nitrogen and oxygen atoms in total. The highest BCUT2D eigenvalue weighted by Crippen LogP contribution is 2.21. The fourth-order valence-corrected chi connectivity index (χ4v) is 2.47. The molecule has 0 fully saturated rings. The average Bonchev–Trinajstić information content (AvgIpc) is 2.67. The Kier molecular flexibility index (Phi) is 4.87. The lowest BCUT2D eigenvalue weighted by molar-refractivity contribution is 0.0985. The number of benzene rings is 2. The van der Waals surface area contributed by atoms with Crippen molar-refractivity contribution in [2.24, 2.45) is 0 Å². The van der Waals surface area contributed by atoms with Crippen molar-refractivity contribution in [2.45, 2.75) is 6.54 Å². The van der Waals surface area contributed by atoms with Crippen LogP contribution >= 0.6 is 0 Å². The molecule has 1 amide bonds. The Morgan fingerprint density at radius 1 is 1.04 bits per heavy atom. The molecule has 3 aromatic rings. The first-order valence-corrected chi connectivity index (χ1v) is 7.68. The monoisotopic (exact) mass is 318 g/mol. The molecule has 0 aliphatic rings. The molecule has 0 atom stereocenters. The number of hydrogen-bond acceptors (Lipinski definition) is 3. The molecule has 0 unspecified atom stereocenters. The van der Waals surface area contributed by atoms with Crippen LogP contribution in [0.3, 0.4) is 0 Å². The van der Waals surface area contributed by atoms with Crippen LogP contribution in [0.5, 0.6) is 5.75 Å². The van der Waals surface area contributed by atoms with E-state index in [1.807, 2.05) is 54.6 Å². The number of rotatable bonds is 5. The molecule has 3 rings (SSSR count). The molecule has 24 heavy (non-hydrogen) atoms. The normalized spacial score (nSPS) is 10.2. The molecule has 0 N–H and O–H groups in total. The summed E-state index contributed by atoms with van der Waals surface area (Å²) in [5, 5.41) is 0. The van der Waals surface area contributed by atoms with Crippen molar-refractivity contribution in [2.75, 3.05) is 12.0 Å². The van der Waals surface area contributed by atoms with Crippen LogP contribution in [0.15, 0.2) is 79.1 Å². The fraction of sp³-hybridized carbons (Fsp3) is 0.100. The fourth-order valence-electron chi connectivity index (χ4n) is 2.47. The van der Waals surface area contributed by atoms with E-state index >= 15 is 0 Å². The Labute approximate surface area is 141 Å². The van der Waals surface area contributed by atoms with E-state index in [9.17, 15) is 4.79 Å². The second-order valence-electron chi connectivity index (χ2n) is 5.32. The van der Waals surface area contributed by atoms with Crippen LogP contribution in [0.4, 0.5) is 5.69 Å². The van der Waals surface area contributed by atoms with E-state index in [0.717, 1.165) is 11.3 Å². The number of aromatic nitrogens is 1. The smallest absolute Gasteiger partial charge is 0.258 e. The third-order valence-corrected chi connectivity index (χ3v) is 3.69. The molecule has 0 bridgehead atoms. The second kappa shape index (κ2) is 7.42. The lowest BCUT2D eigenvalue weighted by Gasteiger charge is -2.23. The van der Waals surface area contributed by atoms with E-state index < -0.39 is 0 Å². The predicted molar refractivity (Wildman–Crippen MR) is 94.2 cm³/mol. The van der Waals surface area contributed by atoms with E-state index in [0.29, 0.717) is 17.9 Å². The first-order valence-electron chi connectivity index (χ1n) is 7.68. The highest BCUT2D eigenvalue weighted by Gasteiger charge is 2.18. The van der Waals surface area contributed by atoms with Gasteiger partial charge in [-0.2, -0.15) is 0 Å². The molecular weight excluding hydrogens is 300 g/mol. The lowest BCUT2D eigenvalue weighted by Crippen LogP contribution is -2.30. The van der Waals surface area contributed by atoms with Gasteiger partial charge in [0.1, 0.15) is 5.75 Å². The highest BCUT2D eigenvalue weighted by atomic mass is 16.5. The minimum absolute atomic E-state index is 0.0797. The summed E-state index contributed by atoms with van der Waals surface area (Å²) >= 11 is 0. The first kappa shape index (κ1) is 15.7. The van der Waals surface area contributed by atoms with Gasteiger partial charge in [0.15, 0.2) is 0 Å². The van der Waals surface area contributed by atoms with Crippen molar-refractivity contribution in [3.05, 3.63) is 90.3 Å². The van der Waals surface area contributed by atoms with E-state index in [-0.39, 0.29) is 5.91 Å². The molecule has 120 valence electrons. The number of pyridine rings is 1. The van der Waals surface area contributed by atoms with Crippen molar-refractivity contribution >= 4 is 11.6 Å². The van der Waals surface area contributed by atoms with Crippen LogP contribution in [-0.4, -0.2) is 18.0 Å². The van der Waals surface area contributed by atoms with Crippen molar-refractivity contribution < 1.29 is 9.53 Å². The van der Waals surface area contributed by atoms with Gasteiger partial charge in [0, 0.05) is 23.6 Å². The molecule has 0 saturated carbocycles. The maximum atomic E-state index is 13.1. The number of carbonyl (C=O) groups is 1. The van der Waals surface area contributed by atoms with Crippen LogP contribution in [0.2, 0.25) is 0 Å². The number of methoxy groups -OCH3 is 1. The van der Waals surface area contributed by atoms with Crippen LogP contribution in [0.25, 0.3) is 0 Å². The number of hydrogen-bond donors (Lipinski definition) is 0. The summed E-state index contributed by atoms with van der Waals surface area (Å²) in [5.41, 5.74) is 2.40. The largest absolute Gasteiger partial charge is 0.497 e. The van der Waals surface area contributed by atoms with Gasteiger partial charge in [-0.3, -0.25) is 9.78 Å². The summed E-state index contributed by atoms with van der Waals surface area (Å²) in [6.45, 7) is 0.452. The summed E-state index contributed by atoms with van der Waals surface area (Å²) in [6.07, 6.45) is 3.50. The van der Waals surface area contributed by atoms with Crippen LogP contribution in [0, 0.1) is 0 Å². The van der Waals surface area contributed by atoms with Crippen molar-refractivity contribution in [3.63, 3.8) is 0 Å². The van der Waals surface area contributed by atoms with Gasteiger partial charge in [-0.15, -0.1) is 0 Å². The minimum atomic E-state index is -0.0797. The van der Waals surface area contributed by atoms with E-state index in [1.54, 1.807) is 36.5 Å². The van der Waals surface area contributed by atoms with E-state index in [1.165, 1.54) is 0 Å². The number of anilines is 1. The zero-order valence-corrected chi connectivity index (χ0v) is 13.4. The molecule has 0 aliphatic carbocycles. The second-order valence-corrected chi connectivity index (χ2v) is 5.32. The Morgan fingerprint density at radius 3 is 2.58 bits per heavy atom. The van der Waals surface area contributed by atoms with Gasteiger partial charge in [-0.25, -0.2) is 0 Å². The lowest BCUT2D eigenvalue weighted by atomic mass is 10.1. The Balaban J connectivity index is 1.96. The minimum Gasteiger partial charge on any atom is -0.497 e. The Bertz CT molecular complexity index is 804. The third-order valence-electron chi connectivity index (χ3n) is 3.69. The van der Waals surface area contributed by atoms with Crippen LogP contribution in [0.1, 0.15) is 15.9 Å². The quantitative estimate of drug-likeness (QED) is 0.715. The number of carbonyl (C=O) groups excluding carboxylic acids is 1. The number of nitrogens with zero attached hydrogens (tertiary/aromatic N) is 2. The highest BCUT2D eigenvalue weighted by molar-refractivity contribution is 6.06. The van der Waals surface area contributed by atoms with Crippen molar-refractivity contribution in [1.82, 2.24) is 4.98 Å². The van der Waals surface area contributed by atoms with Crippen molar-refractivity contribution in [3.8, 4) is 5.75 Å². The van der Waals surface area contributed by atoms with Gasteiger partial charge < -0.3 is 9.64 Å². The summed E-state index contributed by atoms with van der Waals surface area (Å²) in [4.78, 5) is 18.9. The molecule has 0 aliphatic heterocycles. The summed E-state index contributed by atoms with van der Waals surface area (Å²) < 4.78 is 5.23. The molecule has 1 heterocycles. The van der Waals surface area contributed by atoms with Gasteiger partial charge >= 0.3 is 0 Å². The van der Waals surface area contributed by atoms with E-state index in [4.69, 9.17) is 4.74 Å². The number of para-hydroxylation sites is 1. The maximum absolute atomic E-state index is 13.1. The Hall–Kier alpha value is -3.14. The SMILES string of the molecule is COc1cccc(C(=O)N(Cc2cccnc2)c2ccccc2)c1. The molecule has 0 radical (unpaired) electrons. The van der Waals surface area contributed by atoms with Crippen molar-refractivity contribution in [1.29, 1.82) is 0 Å². The Morgan fingerprint density at radius 2 is 1.88 bits per heavy atom. The maximum Gasteiger partial charge on any atom is 0.258 e. The third kappa shape index (κ3) is 3.60. The van der Waals surface area contributed by atoms with Gasteiger partial charge in [0.2, 0.25) is 0 Å². The number of amides is 1. The topological polar surface area (TPSA) is 42.4 Å². The standard InChI is InChI=1S/C20H18N2O2/c1-24-19-11-5-8-17(13-19)20(23)22(18-9-3-2-4-10-18)15-16-7-6-12-21-14-16/h2-14H,15H2,1H3. The average molecular weight is 318 g/mol. The van der Waals surface area contributed by atoms with Gasteiger partial charge in [-0.05, 0) is 42.0 Å². The van der Waals surface area contributed by atoms with Crippen LogP contribution in [-0.2, 0) is 6.54 Å². The molecule has 0 spiro atoms. The van der Waals surface area contributed by atoms with E-state index in [2.05, 4.69) is 4.98 Å². The molecule has 2 aromatic carbocycles. The molecular formula is C20H18N2O2. The predicted octanol–water partition coefficient (Wildman–Crippen LogP) is 3.94. The molecule has 1 aromatic heterocycles. The molecule has 4 heteroatoms.